The molecule has 0 unspecified atom stereocenters. The quantitative estimate of drug-likeness (QED) is 0.347. The van der Waals surface area contributed by atoms with Crippen LogP contribution in [0.3, 0.4) is 0 Å². The first-order valence-electron chi connectivity index (χ1n) is 7.51. The minimum atomic E-state index is 0.596. The standard InChI is InChI=1S/C17H27N3O2/c1-5-6-7-12-19-17(18-2)20(3)13-14-22-16-10-8-15(21-4)9-11-16/h5-6,8-11H,7,12-14H2,1-4H3,(H,18,19)/b6-5+. The van der Waals surface area contributed by atoms with Crippen LogP contribution in [-0.2, 0) is 0 Å². The maximum absolute atomic E-state index is 5.72. The smallest absolute Gasteiger partial charge is 0.193 e. The molecule has 1 aromatic carbocycles. The Bertz CT molecular complexity index is 469. The third kappa shape index (κ3) is 6.52. The third-order valence-electron chi connectivity index (χ3n) is 3.16. The molecule has 1 aromatic rings. The Morgan fingerprint density at radius 2 is 1.95 bits per heavy atom. The highest BCUT2D eigenvalue weighted by atomic mass is 16.5. The zero-order valence-corrected chi connectivity index (χ0v) is 14.0. The van der Waals surface area contributed by atoms with Crippen LogP contribution in [0.15, 0.2) is 41.4 Å². The summed E-state index contributed by atoms with van der Waals surface area (Å²) in [5.74, 6) is 2.54. The van der Waals surface area contributed by atoms with Crippen LogP contribution in [0.25, 0.3) is 0 Å². The van der Waals surface area contributed by atoms with Crippen LogP contribution in [0, 0.1) is 0 Å². The fourth-order valence-corrected chi connectivity index (χ4v) is 1.90. The summed E-state index contributed by atoms with van der Waals surface area (Å²) < 4.78 is 10.8. The van der Waals surface area contributed by atoms with Crippen molar-refractivity contribution in [2.75, 3.05) is 40.9 Å². The highest BCUT2D eigenvalue weighted by Crippen LogP contribution is 2.16. The van der Waals surface area contributed by atoms with Gasteiger partial charge in [0.15, 0.2) is 5.96 Å². The van der Waals surface area contributed by atoms with E-state index >= 15 is 0 Å². The average Bonchev–Trinajstić information content (AvgIpc) is 2.55. The second-order valence-electron chi connectivity index (χ2n) is 4.78. The number of guanidine groups is 1. The molecule has 0 heterocycles. The number of likely N-dealkylation sites (N-methyl/N-ethyl adjacent to an activating group) is 1. The lowest BCUT2D eigenvalue weighted by atomic mass is 10.3. The van der Waals surface area contributed by atoms with Gasteiger partial charge >= 0.3 is 0 Å². The van der Waals surface area contributed by atoms with E-state index in [1.165, 1.54) is 0 Å². The van der Waals surface area contributed by atoms with Crippen molar-refractivity contribution in [1.82, 2.24) is 10.2 Å². The zero-order valence-electron chi connectivity index (χ0n) is 14.0. The molecule has 0 atom stereocenters. The second-order valence-corrected chi connectivity index (χ2v) is 4.78. The molecular weight excluding hydrogens is 278 g/mol. The van der Waals surface area contributed by atoms with Gasteiger partial charge in [-0.15, -0.1) is 0 Å². The molecule has 0 spiro atoms. The summed E-state index contributed by atoms with van der Waals surface area (Å²) in [6, 6.07) is 7.59. The van der Waals surface area contributed by atoms with Gasteiger partial charge in [0.1, 0.15) is 18.1 Å². The summed E-state index contributed by atoms with van der Waals surface area (Å²) >= 11 is 0. The monoisotopic (exact) mass is 305 g/mol. The number of ether oxygens (including phenoxy) is 2. The summed E-state index contributed by atoms with van der Waals surface area (Å²) in [5.41, 5.74) is 0. The third-order valence-corrected chi connectivity index (χ3v) is 3.16. The van der Waals surface area contributed by atoms with E-state index in [0.717, 1.165) is 37.0 Å². The Morgan fingerprint density at radius 3 is 2.55 bits per heavy atom. The summed E-state index contributed by atoms with van der Waals surface area (Å²) in [5, 5.41) is 3.32. The highest BCUT2D eigenvalue weighted by molar-refractivity contribution is 5.79. The molecule has 22 heavy (non-hydrogen) atoms. The number of hydrogen-bond acceptors (Lipinski definition) is 3. The number of benzene rings is 1. The van der Waals surface area contributed by atoms with Crippen molar-refractivity contribution in [3.05, 3.63) is 36.4 Å². The molecule has 1 rings (SSSR count). The van der Waals surface area contributed by atoms with Gasteiger partial charge in [0.05, 0.1) is 13.7 Å². The van der Waals surface area contributed by atoms with Crippen LogP contribution in [0.4, 0.5) is 0 Å². The van der Waals surface area contributed by atoms with Gasteiger partial charge in [0, 0.05) is 20.6 Å². The second kappa shape index (κ2) is 10.5. The molecule has 1 N–H and O–H groups in total. The van der Waals surface area contributed by atoms with Gasteiger partial charge < -0.3 is 19.7 Å². The summed E-state index contributed by atoms with van der Waals surface area (Å²) in [6.07, 6.45) is 5.18. The van der Waals surface area contributed by atoms with E-state index in [1.54, 1.807) is 14.2 Å². The Balaban J connectivity index is 2.32. The van der Waals surface area contributed by atoms with Crippen LogP contribution in [-0.4, -0.2) is 51.8 Å². The molecule has 0 amide bonds. The first-order chi connectivity index (χ1) is 10.7. The van der Waals surface area contributed by atoms with Gasteiger partial charge in [-0.05, 0) is 37.6 Å². The zero-order chi connectivity index (χ0) is 16.2. The SMILES string of the molecule is C/C=C/CCNC(=NC)N(C)CCOc1ccc(OC)cc1. The van der Waals surface area contributed by atoms with Crippen molar-refractivity contribution in [2.24, 2.45) is 4.99 Å². The minimum Gasteiger partial charge on any atom is -0.497 e. The van der Waals surface area contributed by atoms with Crippen molar-refractivity contribution >= 4 is 5.96 Å². The van der Waals surface area contributed by atoms with Gasteiger partial charge in [0.25, 0.3) is 0 Å². The van der Waals surface area contributed by atoms with Crippen LogP contribution in [0.2, 0.25) is 0 Å². The number of methoxy groups -OCH3 is 1. The van der Waals surface area contributed by atoms with Gasteiger partial charge in [-0.3, -0.25) is 4.99 Å². The number of hydrogen-bond donors (Lipinski definition) is 1. The molecule has 0 saturated heterocycles. The van der Waals surface area contributed by atoms with Crippen molar-refractivity contribution in [3.63, 3.8) is 0 Å². The maximum Gasteiger partial charge on any atom is 0.193 e. The predicted molar refractivity (Wildman–Crippen MR) is 91.9 cm³/mol. The lowest BCUT2D eigenvalue weighted by Crippen LogP contribution is -2.41. The lowest BCUT2D eigenvalue weighted by Gasteiger charge is -2.22. The van der Waals surface area contributed by atoms with E-state index in [0.29, 0.717) is 6.61 Å². The van der Waals surface area contributed by atoms with Crippen LogP contribution < -0.4 is 14.8 Å². The lowest BCUT2D eigenvalue weighted by molar-refractivity contribution is 0.281. The molecule has 0 aliphatic heterocycles. The molecule has 0 bridgehead atoms. The summed E-state index contributed by atoms with van der Waals surface area (Å²) in [7, 11) is 5.45. The maximum atomic E-state index is 5.72. The number of nitrogens with one attached hydrogen (secondary N) is 1. The first-order valence-corrected chi connectivity index (χ1v) is 7.51. The number of rotatable bonds is 8. The van der Waals surface area contributed by atoms with Crippen molar-refractivity contribution < 1.29 is 9.47 Å². The topological polar surface area (TPSA) is 46.1 Å². The molecule has 122 valence electrons. The van der Waals surface area contributed by atoms with Gasteiger partial charge in [0.2, 0.25) is 0 Å². The minimum absolute atomic E-state index is 0.596. The van der Waals surface area contributed by atoms with Crippen LogP contribution in [0.1, 0.15) is 13.3 Å². The van der Waals surface area contributed by atoms with Crippen LogP contribution in [0.5, 0.6) is 11.5 Å². The van der Waals surface area contributed by atoms with Crippen molar-refractivity contribution in [3.8, 4) is 11.5 Å². The molecule has 0 fully saturated rings. The normalized spacial score (nSPS) is 11.5. The first kappa shape index (κ1) is 17.9. The highest BCUT2D eigenvalue weighted by Gasteiger charge is 2.05. The molecule has 0 radical (unpaired) electrons. The Kier molecular flexibility index (Phi) is 8.57. The van der Waals surface area contributed by atoms with E-state index in [9.17, 15) is 0 Å². The molecular formula is C17H27N3O2. The molecule has 5 nitrogen and oxygen atoms in total. The van der Waals surface area contributed by atoms with E-state index < -0.39 is 0 Å². The molecule has 0 aliphatic carbocycles. The fraction of sp³-hybridized carbons (Fsp3) is 0.471. The number of aliphatic imine (C=N–C) groups is 1. The average molecular weight is 305 g/mol. The van der Waals surface area contributed by atoms with E-state index in [2.05, 4.69) is 27.4 Å². The summed E-state index contributed by atoms with van der Waals surface area (Å²) in [4.78, 5) is 6.32. The van der Waals surface area contributed by atoms with Crippen molar-refractivity contribution in [2.45, 2.75) is 13.3 Å². The van der Waals surface area contributed by atoms with Crippen LogP contribution >= 0.6 is 0 Å². The van der Waals surface area contributed by atoms with E-state index in [-0.39, 0.29) is 0 Å². The molecule has 0 aliphatic rings. The van der Waals surface area contributed by atoms with E-state index in [1.807, 2.05) is 38.2 Å². The van der Waals surface area contributed by atoms with Gasteiger partial charge in [-0.25, -0.2) is 0 Å². The van der Waals surface area contributed by atoms with Gasteiger partial charge in [-0.1, -0.05) is 12.2 Å². The molecule has 0 aromatic heterocycles. The van der Waals surface area contributed by atoms with Crippen molar-refractivity contribution in [1.29, 1.82) is 0 Å². The van der Waals surface area contributed by atoms with E-state index in [4.69, 9.17) is 9.47 Å². The molecule has 5 heteroatoms. The Morgan fingerprint density at radius 1 is 1.27 bits per heavy atom. The number of allylic oxidation sites excluding steroid dienone is 1. The predicted octanol–water partition coefficient (Wildman–Crippen LogP) is 2.55. The largest absolute Gasteiger partial charge is 0.497 e. The van der Waals surface area contributed by atoms with Gasteiger partial charge in [-0.2, -0.15) is 0 Å². The summed E-state index contributed by atoms with van der Waals surface area (Å²) in [6.45, 7) is 4.26. The molecule has 0 saturated carbocycles. The fourth-order valence-electron chi connectivity index (χ4n) is 1.90. The Hall–Kier alpha value is -2.17. The Labute approximate surface area is 133 Å². The number of nitrogens with zero attached hydrogens (tertiary/aromatic N) is 2.